The van der Waals surface area contributed by atoms with Crippen molar-refractivity contribution in [1.29, 1.82) is 5.26 Å². The van der Waals surface area contributed by atoms with Gasteiger partial charge >= 0.3 is 0 Å². The second-order valence-corrected chi connectivity index (χ2v) is 5.71. The molecular formula is C15H16ClN5. The molecule has 1 aromatic heterocycles. The normalized spacial score (nSPS) is 15.9. The monoisotopic (exact) mass is 301 g/mol. The van der Waals surface area contributed by atoms with Crippen molar-refractivity contribution in [2.75, 3.05) is 18.0 Å². The van der Waals surface area contributed by atoms with Crippen LogP contribution >= 0.6 is 11.6 Å². The number of hydrogen-bond donors (Lipinski definition) is 0. The molecule has 0 saturated carbocycles. The van der Waals surface area contributed by atoms with Crippen molar-refractivity contribution in [3.05, 3.63) is 41.2 Å². The first-order valence-corrected chi connectivity index (χ1v) is 7.43. The molecule has 2 heterocycles. The summed E-state index contributed by atoms with van der Waals surface area (Å²) in [6, 6.07) is 7.72. The maximum atomic E-state index is 9.24. The molecule has 0 unspecified atom stereocenters. The van der Waals surface area contributed by atoms with Crippen LogP contribution in [0.3, 0.4) is 0 Å². The lowest BCUT2D eigenvalue weighted by Crippen LogP contribution is -2.35. The highest BCUT2D eigenvalue weighted by molar-refractivity contribution is 6.33. The summed E-state index contributed by atoms with van der Waals surface area (Å²) in [7, 11) is 0. The number of nitrogens with zero attached hydrogens (tertiary/aromatic N) is 5. The molecule has 0 radical (unpaired) electrons. The second kappa shape index (κ2) is 6.15. The Morgan fingerprint density at radius 3 is 2.81 bits per heavy atom. The van der Waals surface area contributed by atoms with Gasteiger partial charge in [0, 0.05) is 25.8 Å². The largest absolute Gasteiger partial charge is 0.369 e. The average molecular weight is 302 g/mol. The molecular weight excluding hydrogens is 286 g/mol. The number of para-hydroxylation sites is 1. The number of aromatic nitrogens is 3. The first kappa shape index (κ1) is 13.9. The van der Waals surface area contributed by atoms with Crippen LogP contribution in [0.25, 0.3) is 0 Å². The maximum absolute atomic E-state index is 9.24. The number of rotatable bonds is 3. The molecule has 1 saturated heterocycles. The number of benzene rings is 1. The quantitative estimate of drug-likeness (QED) is 0.874. The average Bonchev–Trinajstić information content (AvgIpc) is 3.01. The van der Waals surface area contributed by atoms with Gasteiger partial charge in [0.15, 0.2) is 0 Å². The van der Waals surface area contributed by atoms with Crippen LogP contribution in [0.5, 0.6) is 0 Å². The Morgan fingerprint density at radius 1 is 1.33 bits per heavy atom. The molecule has 5 nitrogen and oxygen atoms in total. The Morgan fingerprint density at radius 2 is 2.14 bits per heavy atom. The number of halogens is 1. The molecule has 0 spiro atoms. The highest BCUT2D eigenvalue weighted by Gasteiger charge is 2.23. The smallest absolute Gasteiger partial charge is 0.101 e. The summed E-state index contributed by atoms with van der Waals surface area (Å²) in [4.78, 5) is 2.22. The van der Waals surface area contributed by atoms with Crippen LogP contribution in [0.4, 0.5) is 5.69 Å². The minimum absolute atomic E-state index is 0.593. The lowest BCUT2D eigenvalue weighted by atomic mass is 9.96. The van der Waals surface area contributed by atoms with E-state index in [1.54, 1.807) is 6.20 Å². The van der Waals surface area contributed by atoms with Crippen molar-refractivity contribution in [3.63, 3.8) is 0 Å². The topological polar surface area (TPSA) is 57.7 Å². The van der Waals surface area contributed by atoms with E-state index in [4.69, 9.17) is 11.6 Å². The summed E-state index contributed by atoms with van der Waals surface area (Å²) in [5.74, 6) is 0.593. The molecule has 1 fully saturated rings. The van der Waals surface area contributed by atoms with Gasteiger partial charge < -0.3 is 4.90 Å². The zero-order valence-electron chi connectivity index (χ0n) is 11.6. The fourth-order valence-corrected chi connectivity index (χ4v) is 3.15. The minimum Gasteiger partial charge on any atom is -0.369 e. The molecule has 6 heteroatoms. The number of nitriles is 1. The predicted octanol–water partition coefficient (Wildman–Crippen LogP) is 2.72. The van der Waals surface area contributed by atoms with E-state index in [1.165, 1.54) is 0 Å². The number of hydrogen-bond acceptors (Lipinski definition) is 4. The van der Waals surface area contributed by atoms with Crippen LogP contribution in [-0.2, 0) is 6.54 Å². The van der Waals surface area contributed by atoms with Gasteiger partial charge in [-0.3, -0.25) is 4.68 Å². The SMILES string of the molecule is N#Cc1cccc(Cl)c1N1CCC(Cn2ccnn2)CC1. The zero-order valence-corrected chi connectivity index (χ0v) is 12.4. The molecule has 0 bridgehead atoms. The van der Waals surface area contributed by atoms with Gasteiger partial charge in [0.05, 0.1) is 22.5 Å². The van der Waals surface area contributed by atoms with Gasteiger partial charge in [-0.05, 0) is 30.9 Å². The molecule has 2 aromatic rings. The van der Waals surface area contributed by atoms with Crippen LogP contribution < -0.4 is 4.90 Å². The van der Waals surface area contributed by atoms with Crippen molar-refractivity contribution < 1.29 is 0 Å². The molecule has 0 atom stereocenters. The molecule has 0 aliphatic carbocycles. The molecule has 108 valence electrons. The molecule has 0 amide bonds. The van der Waals surface area contributed by atoms with E-state index >= 15 is 0 Å². The van der Waals surface area contributed by atoms with Crippen LogP contribution in [0.15, 0.2) is 30.6 Å². The van der Waals surface area contributed by atoms with Gasteiger partial charge in [0.2, 0.25) is 0 Å². The number of piperidine rings is 1. The van der Waals surface area contributed by atoms with Gasteiger partial charge in [0.1, 0.15) is 6.07 Å². The summed E-state index contributed by atoms with van der Waals surface area (Å²) in [5, 5.41) is 17.8. The van der Waals surface area contributed by atoms with Gasteiger partial charge in [-0.15, -0.1) is 5.10 Å². The molecule has 1 aliphatic rings. The van der Waals surface area contributed by atoms with E-state index in [0.717, 1.165) is 38.2 Å². The fraction of sp³-hybridized carbons (Fsp3) is 0.400. The van der Waals surface area contributed by atoms with E-state index in [0.29, 0.717) is 16.5 Å². The minimum atomic E-state index is 0.593. The summed E-state index contributed by atoms with van der Waals surface area (Å²) in [6.45, 7) is 2.73. The third-order valence-corrected chi connectivity index (χ3v) is 4.26. The molecule has 3 rings (SSSR count). The second-order valence-electron chi connectivity index (χ2n) is 5.30. The van der Waals surface area contributed by atoms with Gasteiger partial charge in [-0.2, -0.15) is 5.26 Å². The van der Waals surface area contributed by atoms with Crippen LogP contribution in [0.2, 0.25) is 5.02 Å². The molecule has 21 heavy (non-hydrogen) atoms. The van der Waals surface area contributed by atoms with Gasteiger partial charge in [-0.1, -0.05) is 22.9 Å². The van der Waals surface area contributed by atoms with Crippen molar-refractivity contribution >= 4 is 17.3 Å². The standard InChI is InChI=1S/C15H16ClN5/c16-14-3-1-2-13(10-17)15(14)20-7-4-12(5-8-20)11-21-9-6-18-19-21/h1-3,6,9,12H,4-5,7-8,11H2. The maximum Gasteiger partial charge on any atom is 0.101 e. The van der Waals surface area contributed by atoms with Crippen molar-refractivity contribution in [2.24, 2.45) is 5.92 Å². The Bertz CT molecular complexity index is 639. The van der Waals surface area contributed by atoms with Crippen molar-refractivity contribution in [2.45, 2.75) is 19.4 Å². The van der Waals surface area contributed by atoms with Crippen LogP contribution in [-0.4, -0.2) is 28.1 Å². The lowest BCUT2D eigenvalue weighted by Gasteiger charge is -2.34. The predicted molar refractivity (Wildman–Crippen MR) is 81.1 cm³/mol. The third kappa shape index (κ3) is 3.01. The van der Waals surface area contributed by atoms with Crippen molar-refractivity contribution in [3.8, 4) is 6.07 Å². The molecule has 1 aromatic carbocycles. The van der Waals surface area contributed by atoms with Gasteiger partial charge in [0.25, 0.3) is 0 Å². The third-order valence-electron chi connectivity index (χ3n) is 3.96. The highest BCUT2D eigenvalue weighted by atomic mass is 35.5. The van der Waals surface area contributed by atoms with E-state index < -0.39 is 0 Å². The van der Waals surface area contributed by atoms with E-state index in [2.05, 4.69) is 21.3 Å². The van der Waals surface area contributed by atoms with Gasteiger partial charge in [-0.25, -0.2) is 0 Å². The highest BCUT2D eigenvalue weighted by Crippen LogP contribution is 2.32. The number of anilines is 1. The Balaban J connectivity index is 1.68. The fourth-order valence-electron chi connectivity index (χ4n) is 2.86. The Labute approximate surface area is 128 Å². The Hall–Kier alpha value is -2.06. The van der Waals surface area contributed by atoms with E-state index in [-0.39, 0.29) is 0 Å². The molecule has 0 N–H and O–H groups in total. The summed E-state index contributed by atoms with van der Waals surface area (Å²) in [5.41, 5.74) is 1.53. The first-order chi connectivity index (χ1) is 10.3. The van der Waals surface area contributed by atoms with Crippen LogP contribution in [0.1, 0.15) is 18.4 Å². The van der Waals surface area contributed by atoms with Crippen LogP contribution in [0, 0.1) is 17.2 Å². The lowest BCUT2D eigenvalue weighted by molar-refractivity contribution is 0.339. The van der Waals surface area contributed by atoms with E-state index in [9.17, 15) is 5.26 Å². The Kier molecular flexibility index (Phi) is 4.07. The summed E-state index contributed by atoms with van der Waals surface area (Å²) in [6.07, 6.45) is 5.73. The van der Waals surface area contributed by atoms with Crippen molar-refractivity contribution in [1.82, 2.24) is 15.0 Å². The van der Waals surface area contributed by atoms with E-state index in [1.807, 2.05) is 29.1 Å². The first-order valence-electron chi connectivity index (χ1n) is 7.05. The summed E-state index contributed by atoms with van der Waals surface area (Å²) >= 11 is 6.28. The molecule has 1 aliphatic heterocycles. The zero-order chi connectivity index (χ0) is 14.7. The summed E-state index contributed by atoms with van der Waals surface area (Å²) < 4.78 is 1.89.